The zero-order chi connectivity index (χ0) is 17.8. The van der Waals surface area contributed by atoms with Crippen molar-refractivity contribution >= 4 is 11.9 Å². The Morgan fingerprint density at radius 3 is 2.64 bits per heavy atom. The van der Waals surface area contributed by atoms with Crippen molar-refractivity contribution in [1.82, 2.24) is 15.1 Å². The lowest BCUT2D eigenvalue weighted by molar-refractivity contribution is -0.143. The normalized spacial score (nSPS) is 22.9. The van der Waals surface area contributed by atoms with Crippen LogP contribution in [0.5, 0.6) is 0 Å². The van der Waals surface area contributed by atoms with E-state index in [9.17, 15) is 14.4 Å². The van der Waals surface area contributed by atoms with Gasteiger partial charge in [0.2, 0.25) is 5.91 Å². The van der Waals surface area contributed by atoms with Crippen LogP contribution in [0.4, 0.5) is 0 Å². The van der Waals surface area contributed by atoms with Crippen LogP contribution in [0.1, 0.15) is 49.8 Å². The van der Waals surface area contributed by atoms with Crippen molar-refractivity contribution in [3.63, 3.8) is 0 Å². The highest BCUT2D eigenvalue weighted by Gasteiger charge is 2.26. The third kappa shape index (κ3) is 4.46. The third-order valence-corrected chi connectivity index (χ3v) is 5.35. The van der Waals surface area contributed by atoms with E-state index in [0.717, 1.165) is 49.8 Å². The fourth-order valence-corrected chi connectivity index (χ4v) is 3.78. The van der Waals surface area contributed by atoms with Gasteiger partial charge in [0.1, 0.15) is 6.54 Å². The van der Waals surface area contributed by atoms with Crippen LogP contribution in [0.2, 0.25) is 0 Å². The number of nitrogens with one attached hydrogen (secondary N) is 1. The second-order valence-electron chi connectivity index (χ2n) is 7.18. The third-order valence-electron chi connectivity index (χ3n) is 5.35. The van der Waals surface area contributed by atoms with Crippen LogP contribution in [0, 0.1) is 11.8 Å². The summed E-state index contributed by atoms with van der Waals surface area (Å²) in [6.45, 7) is 0.474. The number of carbonyl (C=O) groups is 2. The van der Waals surface area contributed by atoms with Gasteiger partial charge in [-0.1, -0.05) is 0 Å². The molecular weight excluding hydrogens is 322 g/mol. The van der Waals surface area contributed by atoms with E-state index in [4.69, 9.17) is 5.11 Å². The smallest absolute Gasteiger partial charge is 0.306 e. The quantitative estimate of drug-likeness (QED) is 0.831. The van der Waals surface area contributed by atoms with Crippen LogP contribution in [0.15, 0.2) is 10.9 Å². The molecule has 1 fully saturated rings. The monoisotopic (exact) mass is 347 g/mol. The van der Waals surface area contributed by atoms with Crippen molar-refractivity contribution in [2.24, 2.45) is 11.8 Å². The SMILES string of the molecule is O=C(Cn1nc2c(cc1=O)CCCC2)NCC1CCC(C(=O)O)CC1. The predicted molar refractivity (Wildman–Crippen MR) is 91.2 cm³/mol. The van der Waals surface area contributed by atoms with Crippen molar-refractivity contribution in [3.8, 4) is 0 Å². The average Bonchev–Trinajstić information content (AvgIpc) is 2.61. The molecule has 0 aromatic carbocycles. The molecule has 25 heavy (non-hydrogen) atoms. The molecule has 2 aliphatic rings. The van der Waals surface area contributed by atoms with Gasteiger partial charge < -0.3 is 10.4 Å². The van der Waals surface area contributed by atoms with Crippen molar-refractivity contribution in [2.45, 2.75) is 57.9 Å². The molecule has 0 spiro atoms. The van der Waals surface area contributed by atoms with E-state index >= 15 is 0 Å². The van der Waals surface area contributed by atoms with E-state index in [1.807, 2.05) is 0 Å². The minimum absolute atomic E-state index is 0.0589. The number of nitrogens with zero attached hydrogens (tertiary/aromatic N) is 2. The minimum atomic E-state index is -0.722. The number of aromatic nitrogens is 2. The first kappa shape index (κ1) is 17.6. The number of carboxylic acid groups (broad SMARTS) is 1. The average molecular weight is 347 g/mol. The van der Waals surface area contributed by atoms with E-state index in [0.29, 0.717) is 25.3 Å². The molecule has 1 amide bonds. The number of hydrogen-bond acceptors (Lipinski definition) is 4. The van der Waals surface area contributed by atoms with Crippen molar-refractivity contribution in [1.29, 1.82) is 0 Å². The summed E-state index contributed by atoms with van der Waals surface area (Å²) in [5.41, 5.74) is 1.73. The van der Waals surface area contributed by atoms with Crippen LogP contribution in [0.25, 0.3) is 0 Å². The van der Waals surface area contributed by atoms with Crippen LogP contribution >= 0.6 is 0 Å². The highest BCUT2D eigenvalue weighted by atomic mass is 16.4. The summed E-state index contributed by atoms with van der Waals surface area (Å²) in [6.07, 6.45) is 6.88. The number of carboxylic acids is 1. The highest BCUT2D eigenvalue weighted by molar-refractivity contribution is 5.75. The molecule has 0 unspecified atom stereocenters. The summed E-state index contributed by atoms with van der Waals surface area (Å²) in [7, 11) is 0. The van der Waals surface area contributed by atoms with Gasteiger partial charge >= 0.3 is 5.97 Å². The topological polar surface area (TPSA) is 101 Å². The molecule has 2 N–H and O–H groups in total. The molecule has 0 atom stereocenters. The van der Waals surface area contributed by atoms with Crippen LogP contribution in [-0.2, 0) is 29.0 Å². The van der Waals surface area contributed by atoms with Crippen LogP contribution < -0.4 is 10.9 Å². The molecule has 3 rings (SSSR count). The lowest BCUT2D eigenvalue weighted by Crippen LogP contribution is -2.37. The standard InChI is InChI=1S/C18H25N3O4/c22-16(19-10-12-5-7-13(8-6-12)18(24)25)11-21-17(23)9-14-3-1-2-4-15(14)20-21/h9,12-13H,1-8,10-11H2,(H,19,22)(H,24,25). The van der Waals surface area contributed by atoms with Gasteiger partial charge in [0, 0.05) is 12.6 Å². The summed E-state index contributed by atoms with van der Waals surface area (Å²) in [5, 5.41) is 16.2. The van der Waals surface area contributed by atoms with Gasteiger partial charge in [-0.05, 0) is 62.8 Å². The van der Waals surface area contributed by atoms with Crippen molar-refractivity contribution in [2.75, 3.05) is 6.54 Å². The van der Waals surface area contributed by atoms with Crippen LogP contribution in [0.3, 0.4) is 0 Å². The molecule has 7 nitrogen and oxygen atoms in total. The Labute approximate surface area is 146 Å². The van der Waals surface area contributed by atoms with E-state index in [1.54, 1.807) is 6.07 Å². The zero-order valence-corrected chi connectivity index (χ0v) is 14.4. The first-order chi connectivity index (χ1) is 12.0. The minimum Gasteiger partial charge on any atom is -0.481 e. The summed E-state index contributed by atoms with van der Waals surface area (Å²) in [4.78, 5) is 35.2. The van der Waals surface area contributed by atoms with Crippen molar-refractivity contribution < 1.29 is 14.7 Å². The van der Waals surface area contributed by atoms with Crippen molar-refractivity contribution in [3.05, 3.63) is 27.7 Å². The molecule has 0 saturated heterocycles. The number of aliphatic carboxylic acids is 1. The lowest BCUT2D eigenvalue weighted by atomic mass is 9.82. The largest absolute Gasteiger partial charge is 0.481 e. The number of aryl methyl sites for hydroxylation is 2. The molecule has 7 heteroatoms. The van der Waals surface area contributed by atoms with Gasteiger partial charge in [0.25, 0.3) is 5.56 Å². The van der Waals surface area contributed by atoms with E-state index in [1.165, 1.54) is 4.68 Å². The Morgan fingerprint density at radius 1 is 1.20 bits per heavy atom. The van der Waals surface area contributed by atoms with Gasteiger partial charge in [-0.25, -0.2) is 4.68 Å². The fourth-order valence-electron chi connectivity index (χ4n) is 3.78. The van der Waals surface area contributed by atoms with Crippen LogP contribution in [-0.4, -0.2) is 33.3 Å². The molecule has 0 aliphatic heterocycles. The maximum atomic E-state index is 12.1. The van der Waals surface area contributed by atoms with E-state index < -0.39 is 5.97 Å². The Morgan fingerprint density at radius 2 is 1.92 bits per heavy atom. The summed E-state index contributed by atoms with van der Waals surface area (Å²) in [5.74, 6) is -0.871. The second kappa shape index (κ2) is 7.80. The van der Waals surface area contributed by atoms with Gasteiger partial charge in [-0.15, -0.1) is 0 Å². The Balaban J connectivity index is 1.50. The Hall–Kier alpha value is -2.18. The lowest BCUT2D eigenvalue weighted by Gasteiger charge is -2.26. The predicted octanol–water partition coefficient (Wildman–Crippen LogP) is 1.13. The number of amides is 1. The number of rotatable bonds is 5. The van der Waals surface area contributed by atoms with E-state index in [2.05, 4.69) is 10.4 Å². The number of fused-ring (bicyclic) bond motifs is 1. The fraction of sp³-hybridized carbons (Fsp3) is 0.667. The maximum Gasteiger partial charge on any atom is 0.306 e. The van der Waals surface area contributed by atoms with Gasteiger partial charge in [-0.2, -0.15) is 5.10 Å². The Kier molecular flexibility index (Phi) is 5.50. The molecule has 0 radical (unpaired) electrons. The van der Waals surface area contributed by atoms with Gasteiger partial charge in [0.05, 0.1) is 11.6 Å². The molecule has 136 valence electrons. The first-order valence-electron chi connectivity index (χ1n) is 9.12. The number of carbonyl (C=O) groups excluding carboxylic acids is 1. The molecule has 0 bridgehead atoms. The highest BCUT2D eigenvalue weighted by Crippen LogP contribution is 2.28. The summed E-state index contributed by atoms with van der Waals surface area (Å²) in [6, 6.07) is 1.61. The molecular formula is C18H25N3O4. The summed E-state index contributed by atoms with van der Waals surface area (Å²) < 4.78 is 1.25. The van der Waals surface area contributed by atoms with Gasteiger partial charge in [-0.3, -0.25) is 14.4 Å². The molecule has 2 aliphatic carbocycles. The molecule has 1 aromatic heterocycles. The maximum absolute atomic E-state index is 12.1. The first-order valence-corrected chi connectivity index (χ1v) is 9.12. The Bertz CT molecular complexity index is 705. The summed E-state index contributed by atoms with van der Waals surface area (Å²) >= 11 is 0. The second-order valence-corrected chi connectivity index (χ2v) is 7.18. The molecule has 1 saturated carbocycles. The van der Waals surface area contributed by atoms with Gasteiger partial charge in [0.15, 0.2) is 0 Å². The van der Waals surface area contributed by atoms with E-state index in [-0.39, 0.29) is 23.9 Å². The molecule has 1 heterocycles. The molecule has 1 aromatic rings. The number of hydrogen-bond donors (Lipinski definition) is 2. The zero-order valence-electron chi connectivity index (χ0n) is 14.4.